The van der Waals surface area contributed by atoms with Gasteiger partial charge in [-0.1, -0.05) is 10.4 Å². The summed E-state index contributed by atoms with van der Waals surface area (Å²) in [6.07, 6.45) is 3.20. The third-order valence-electron chi connectivity index (χ3n) is 4.94. The van der Waals surface area contributed by atoms with E-state index in [-0.39, 0.29) is 23.0 Å². The molecule has 0 aromatic heterocycles. The molecule has 2 N–H and O–H groups in total. The molecule has 0 unspecified atom stereocenters. The highest BCUT2D eigenvalue weighted by atomic mass is 19.1. The van der Waals surface area contributed by atoms with Gasteiger partial charge in [-0.15, -0.1) is 0 Å². The average molecular weight is 367 g/mol. The van der Waals surface area contributed by atoms with Crippen LogP contribution in [0.15, 0.2) is 12.1 Å². The first-order valence-electron chi connectivity index (χ1n) is 8.74. The van der Waals surface area contributed by atoms with Crippen molar-refractivity contribution in [2.45, 2.75) is 25.8 Å². The van der Waals surface area contributed by atoms with E-state index in [9.17, 15) is 19.2 Å². The number of anilines is 1. The van der Waals surface area contributed by atoms with E-state index in [4.69, 9.17) is 4.74 Å². The fourth-order valence-corrected chi connectivity index (χ4v) is 3.53. The second-order valence-corrected chi connectivity index (χ2v) is 6.81. The van der Waals surface area contributed by atoms with Crippen LogP contribution < -0.4 is 10.4 Å². The van der Waals surface area contributed by atoms with Gasteiger partial charge in [-0.2, -0.15) is 0 Å². The van der Waals surface area contributed by atoms with Crippen LogP contribution in [0.1, 0.15) is 24.8 Å². The first kappa shape index (κ1) is 18.5. The lowest BCUT2D eigenvalue weighted by Crippen LogP contribution is -2.34. The summed E-state index contributed by atoms with van der Waals surface area (Å²) >= 11 is 0. The van der Waals surface area contributed by atoms with Crippen molar-refractivity contribution in [3.05, 3.63) is 28.4 Å². The molecule has 142 valence electrons. The van der Waals surface area contributed by atoms with Crippen molar-refractivity contribution in [2.75, 3.05) is 38.4 Å². The number of ether oxygens (including phenoxy) is 1. The second-order valence-electron chi connectivity index (χ2n) is 6.81. The van der Waals surface area contributed by atoms with E-state index < -0.39 is 11.7 Å². The van der Waals surface area contributed by atoms with Crippen LogP contribution in [0.5, 0.6) is 5.75 Å². The van der Waals surface area contributed by atoms with Crippen LogP contribution in [0.3, 0.4) is 0 Å². The number of rotatable bonds is 6. The van der Waals surface area contributed by atoms with Crippen LogP contribution in [0, 0.1) is 16.6 Å². The lowest BCUT2D eigenvalue weighted by atomic mass is 9.93. The molecule has 9 heteroatoms. The Morgan fingerprint density at radius 3 is 2.69 bits per heavy atom. The lowest BCUT2D eigenvalue weighted by molar-refractivity contribution is -0.591. The fraction of sp³-hybridized carbons (Fsp3) is 0.588. The summed E-state index contributed by atoms with van der Waals surface area (Å²) < 4.78 is 19.6. The number of amides is 1. The van der Waals surface area contributed by atoms with E-state index in [0.717, 1.165) is 44.0 Å². The number of aromatic hydroxyl groups is 1. The topological polar surface area (TPSA) is 85.1 Å². The molecule has 3 rings (SSSR count). The van der Waals surface area contributed by atoms with Crippen LogP contribution in [-0.4, -0.2) is 54.2 Å². The van der Waals surface area contributed by atoms with Gasteiger partial charge in [-0.05, 0) is 56.0 Å². The number of hydrogen-bond donors (Lipinski definition) is 2. The number of halogens is 1. The minimum Gasteiger partial charge on any atom is -0.505 e. The highest BCUT2D eigenvalue weighted by Crippen LogP contribution is 2.33. The van der Waals surface area contributed by atoms with Crippen LogP contribution in [0.2, 0.25) is 0 Å². The molecule has 0 aliphatic carbocycles. The summed E-state index contributed by atoms with van der Waals surface area (Å²) in [5.41, 5.74) is 2.33. The van der Waals surface area contributed by atoms with Crippen molar-refractivity contribution in [1.82, 2.24) is 10.3 Å². The Kier molecular flexibility index (Phi) is 5.67. The van der Waals surface area contributed by atoms with Crippen LogP contribution in [0.4, 0.5) is 10.1 Å². The highest BCUT2D eigenvalue weighted by Gasteiger charge is 2.40. The van der Waals surface area contributed by atoms with Crippen molar-refractivity contribution in [3.8, 4) is 5.75 Å². The minimum atomic E-state index is -0.729. The zero-order valence-corrected chi connectivity index (χ0v) is 14.8. The molecule has 26 heavy (non-hydrogen) atoms. The number of nitroso groups, excluding NO2 is 1. The molecule has 2 aliphatic heterocycles. The predicted octanol–water partition coefficient (Wildman–Crippen LogP) is 1.32. The Morgan fingerprint density at radius 1 is 1.38 bits per heavy atom. The largest absolute Gasteiger partial charge is 0.505 e. The molecule has 0 atom stereocenters. The van der Waals surface area contributed by atoms with Gasteiger partial charge in [-0.25, -0.2) is 4.39 Å². The van der Waals surface area contributed by atoms with Gasteiger partial charge in [-0.3, -0.25) is 9.69 Å². The third kappa shape index (κ3) is 4.10. The van der Waals surface area contributed by atoms with Crippen LogP contribution in [-0.2, 0) is 16.1 Å². The average Bonchev–Trinajstić information content (AvgIpc) is 2.92. The van der Waals surface area contributed by atoms with E-state index in [1.807, 2.05) is 5.43 Å². The van der Waals surface area contributed by atoms with Crippen molar-refractivity contribution < 1.29 is 24.0 Å². The zero-order valence-electron chi connectivity index (χ0n) is 14.8. The quantitative estimate of drug-likeness (QED) is 0.738. The summed E-state index contributed by atoms with van der Waals surface area (Å²) in [4.78, 5) is 25.2. The summed E-state index contributed by atoms with van der Waals surface area (Å²) in [5, 5.41) is 11.0. The third-order valence-corrected chi connectivity index (χ3v) is 4.94. The minimum absolute atomic E-state index is 0.130. The van der Waals surface area contributed by atoms with Crippen molar-refractivity contribution in [1.29, 1.82) is 0 Å². The molecule has 1 amide bonds. The van der Waals surface area contributed by atoms with Gasteiger partial charge >= 0.3 is 5.91 Å². The van der Waals surface area contributed by atoms with Gasteiger partial charge in [0.15, 0.2) is 18.0 Å². The first-order valence-corrected chi connectivity index (χ1v) is 8.74. The SMILES string of the molecule is COCCC1CCN(Cc2cc(O)c(N3CC(=O)N[N+]3=O)c(F)c2)CC1. The highest BCUT2D eigenvalue weighted by molar-refractivity contribution is 5.82. The number of phenolic OH excluding ortho intramolecular Hbond substituents is 1. The van der Waals surface area contributed by atoms with Gasteiger partial charge < -0.3 is 9.84 Å². The van der Waals surface area contributed by atoms with Gasteiger partial charge in [0.1, 0.15) is 5.75 Å². The maximum atomic E-state index is 14.5. The summed E-state index contributed by atoms with van der Waals surface area (Å²) in [7, 11) is 1.71. The standard InChI is InChI=1S/C17H23FN4O4/c1-26-7-4-12-2-5-20(6-3-12)10-13-8-14(18)17(15(23)9-13)21-11-16(24)19-22(21)25/h8-9,12H,2-7,10-11H2,1H3,(H-,19,23,24,25)/p+1. The summed E-state index contributed by atoms with van der Waals surface area (Å²) in [5.74, 6) is -0.985. The van der Waals surface area contributed by atoms with Crippen molar-refractivity contribution in [3.63, 3.8) is 0 Å². The van der Waals surface area contributed by atoms with E-state index >= 15 is 0 Å². The Labute approximate surface area is 151 Å². The number of hydrazine groups is 2. The monoisotopic (exact) mass is 367 g/mol. The smallest absolute Gasteiger partial charge is 0.307 e. The zero-order chi connectivity index (χ0) is 18.7. The molecule has 0 saturated carbocycles. The summed E-state index contributed by atoms with van der Waals surface area (Å²) in [6, 6.07) is 2.76. The van der Waals surface area contributed by atoms with Crippen LogP contribution >= 0.6 is 0 Å². The Hall–Kier alpha value is -2.26. The molecular weight excluding hydrogens is 343 g/mol. The summed E-state index contributed by atoms with van der Waals surface area (Å²) in [6.45, 7) is 2.80. The van der Waals surface area contributed by atoms with Gasteiger partial charge in [0.2, 0.25) is 0 Å². The number of nitrogens with zero attached hydrogens (tertiary/aromatic N) is 3. The molecule has 0 bridgehead atoms. The molecule has 0 spiro atoms. The molecule has 2 heterocycles. The Morgan fingerprint density at radius 2 is 2.12 bits per heavy atom. The predicted molar refractivity (Wildman–Crippen MR) is 91.7 cm³/mol. The van der Waals surface area contributed by atoms with Crippen molar-refractivity contribution >= 4 is 11.6 Å². The molecule has 2 saturated heterocycles. The van der Waals surface area contributed by atoms with Crippen molar-refractivity contribution in [2.24, 2.45) is 5.92 Å². The van der Waals surface area contributed by atoms with Gasteiger partial charge in [0, 0.05) is 20.3 Å². The first-order chi connectivity index (χ1) is 12.5. The molecule has 0 radical (unpaired) electrons. The number of hydrogen-bond acceptors (Lipinski definition) is 5. The second kappa shape index (κ2) is 7.96. The van der Waals surface area contributed by atoms with E-state index in [2.05, 4.69) is 4.90 Å². The number of carbonyl (C=O) groups excluding carboxylic acids is 1. The van der Waals surface area contributed by atoms with E-state index in [1.54, 1.807) is 7.11 Å². The van der Waals surface area contributed by atoms with Gasteiger partial charge in [0.25, 0.3) is 4.98 Å². The number of phenols is 1. The number of carbonyl (C=O) groups is 1. The lowest BCUT2D eigenvalue weighted by Gasteiger charge is -2.32. The van der Waals surface area contributed by atoms with E-state index in [0.29, 0.717) is 18.0 Å². The molecular formula is C17H24FN4O4+. The maximum absolute atomic E-state index is 14.5. The normalized spacial score (nSPS) is 19.2. The molecule has 2 fully saturated rings. The Bertz CT molecular complexity index is 668. The number of likely N-dealkylation sites (tertiary alicyclic amines) is 1. The van der Waals surface area contributed by atoms with Crippen LogP contribution in [0.25, 0.3) is 0 Å². The number of nitrogens with one attached hydrogen (secondary N) is 1. The number of methoxy groups -OCH3 is 1. The number of piperidine rings is 1. The molecule has 8 nitrogen and oxygen atoms in total. The fourth-order valence-electron chi connectivity index (χ4n) is 3.53. The number of benzene rings is 1. The maximum Gasteiger partial charge on any atom is 0.307 e. The molecule has 1 aromatic carbocycles. The van der Waals surface area contributed by atoms with Gasteiger partial charge in [0.05, 0.1) is 4.91 Å². The molecule has 1 aromatic rings. The Balaban J connectivity index is 1.64. The molecule has 2 aliphatic rings. The van der Waals surface area contributed by atoms with E-state index in [1.165, 1.54) is 12.1 Å².